The Hall–Kier alpha value is -1.81. The van der Waals surface area contributed by atoms with Crippen LogP contribution in [0.15, 0.2) is 29.3 Å². The van der Waals surface area contributed by atoms with Gasteiger partial charge in [0.15, 0.2) is 5.96 Å². The van der Waals surface area contributed by atoms with Crippen LogP contribution in [0.5, 0.6) is 5.75 Å². The first kappa shape index (κ1) is 23.2. The first-order valence-corrected chi connectivity index (χ1v) is 8.69. The predicted molar refractivity (Wildman–Crippen MR) is 119 cm³/mol. The average molecular weight is 487 g/mol. The number of nitrogens with zero attached hydrogens (tertiary/aromatic N) is 3. The molecule has 2 rings (SSSR count). The molecule has 1 aromatic carbocycles. The van der Waals surface area contributed by atoms with Crippen LogP contribution in [0.1, 0.15) is 22.5 Å². The molecule has 0 atom stereocenters. The quantitative estimate of drug-likeness (QED) is 0.259. The van der Waals surface area contributed by atoms with E-state index in [4.69, 9.17) is 9.47 Å². The molecule has 8 heteroatoms. The summed E-state index contributed by atoms with van der Waals surface area (Å²) in [6.45, 7) is 6.61. The zero-order valence-electron chi connectivity index (χ0n) is 16.7. The molecule has 0 aliphatic heterocycles. The molecule has 150 valence electrons. The van der Waals surface area contributed by atoms with E-state index in [1.165, 1.54) is 5.56 Å². The van der Waals surface area contributed by atoms with Crippen molar-refractivity contribution < 1.29 is 9.47 Å². The second-order valence-electron chi connectivity index (χ2n) is 6.04. The average Bonchev–Trinajstić information content (AvgIpc) is 2.89. The van der Waals surface area contributed by atoms with Crippen molar-refractivity contribution in [2.24, 2.45) is 12.0 Å². The van der Waals surface area contributed by atoms with E-state index < -0.39 is 0 Å². The predicted octanol–water partition coefficient (Wildman–Crippen LogP) is 2.55. The Labute approximate surface area is 178 Å². The second-order valence-corrected chi connectivity index (χ2v) is 6.04. The zero-order chi connectivity index (χ0) is 18.9. The fraction of sp³-hybridized carbons (Fsp3) is 0.474. The standard InChI is InChI=1S/C19H29N5O2.HI/c1-14-18(15(2)24(4)23-14)13-22-19(20-3)21-12-16-6-8-17(9-7-16)26-11-10-25-5;/h6-9H,10-13H2,1-5H3,(H2,20,21,22);1H. The van der Waals surface area contributed by atoms with Crippen LogP contribution in [0.4, 0.5) is 0 Å². The van der Waals surface area contributed by atoms with Gasteiger partial charge in [-0.2, -0.15) is 5.10 Å². The van der Waals surface area contributed by atoms with Gasteiger partial charge in [0.05, 0.1) is 12.3 Å². The number of nitrogens with one attached hydrogen (secondary N) is 2. The molecule has 7 nitrogen and oxygen atoms in total. The van der Waals surface area contributed by atoms with Crippen LogP contribution < -0.4 is 15.4 Å². The van der Waals surface area contributed by atoms with E-state index in [0.29, 0.717) is 26.3 Å². The van der Waals surface area contributed by atoms with Gasteiger partial charge in [0.25, 0.3) is 0 Å². The van der Waals surface area contributed by atoms with Gasteiger partial charge >= 0.3 is 0 Å². The number of guanidine groups is 1. The van der Waals surface area contributed by atoms with Crippen LogP contribution in [-0.2, 0) is 24.9 Å². The SMILES string of the molecule is CN=C(NCc1ccc(OCCOC)cc1)NCc1c(C)nn(C)c1C.I. The molecule has 0 spiro atoms. The lowest BCUT2D eigenvalue weighted by Gasteiger charge is -2.13. The molecule has 0 saturated heterocycles. The Morgan fingerprint density at radius 2 is 1.78 bits per heavy atom. The number of benzene rings is 1. The van der Waals surface area contributed by atoms with Crippen LogP contribution in [-0.4, -0.2) is 43.1 Å². The zero-order valence-corrected chi connectivity index (χ0v) is 19.0. The molecule has 27 heavy (non-hydrogen) atoms. The molecule has 0 unspecified atom stereocenters. The molecule has 1 aromatic heterocycles. The molecule has 0 fully saturated rings. The lowest BCUT2D eigenvalue weighted by atomic mass is 10.2. The van der Waals surface area contributed by atoms with Crippen LogP contribution in [0.25, 0.3) is 0 Å². The minimum absolute atomic E-state index is 0. The normalized spacial score (nSPS) is 11.1. The minimum atomic E-state index is 0. The molecular weight excluding hydrogens is 457 g/mol. The summed E-state index contributed by atoms with van der Waals surface area (Å²) in [5, 5.41) is 11.1. The number of hydrogen-bond donors (Lipinski definition) is 2. The second kappa shape index (κ2) is 11.8. The van der Waals surface area contributed by atoms with Gasteiger partial charge in [-0.05, 0) is 31.5 Å². The van der Waals surface area contributed by atoms with E-state index in [9.17, 15) is 0 Å². The molecule has 0 saturated carbocycles. The Morgan fingerprint density at radius 1 is 1.11 bits per heavy atom. The van der Waals surface area contributed by atoms with Crippen LogP contribution in [0.3, 0.4) is 0 Å². The topological polar surface area (TPSA) is 72.7 Å². The van der Waals surface area contributed by atoms with Crippen molar-refractivity contribution in [1.29, 1.82) is 0 Å². The summed E-state index contributed by atoms with van der Waals surface area (Å²) < 4.78 is 12.4. The maximum absolute atomic E-state index is 5.57. The molecule has 0 amide bonds. The molecule has 0 radical (unpaired) electrons. The fourth-order valence-electron chi connectivity index (χ4n) is 2.60. The van der Waals surface area contributed by atoms with Gasteiger partial charge in [-0.25, -0.2) is 0 Å². The number of methoxy groups -OCH3 is 1. The van der Waals surface area contributed by atoms with Crippen molar-refractivity contribution in [3.8, 4) is 5.75 Å². The number of rotatable bonds is 8. The van der Waals surface area contributed by atoms with E-state index in [2.05, 4.69) is 27.6 Å². The molecule has 1 heterocycles. The number of aromatic nitrogens is 2. The van der Waals surface area contributed by atoms with Crippen LogP contribution >= 0.6 is 24.0 Å². The van der Waals surface area contributed by atoms with Crippen molar-refractivity contribution in [3.05, 3.63) is 46.8 Å². The Balaban J connectivity index is 0.00000364. The molecular formula is C19H30IN5O2. The first-order valence-electron chi connectivity index (χ1n) is 8.69. The smallest absolute Gasteiger partial charge is 0.191 e. The number of halogens is 1. The van der Waals surface area contributed by atoms with Gasteiger partial charge < -0.3 is 20.1 Å². The Morgan fingerprint density at radius 3 is 2.33 bits per heavy atom. The van der Waals surface area contributed by atoms with Gasteiger partial charge in [0, 0.05) is 45.6 Å². The van der Waals surface area contributed by atoms with Crippen molar-refractivity contribution >= 4 is 29.9 Å². The summed E-state index contributed by atoms with van der Waals surface area (Å²) in [5.41, 5.74) is 4.56. The maximum Gasteiger partial charge on any atom is 0.191 e. The van der Waals surface area contributed by atoms with Gasteiger partial charge in [0.1, 0.15) is 12.4 Å². The Kier molecular flexibility index (Phi) is 10.2. The van der Waals surface area contributed by atoms with E-state index in [1.54, 1.807) is 14.2 Å². The molecule has 0 aliphatic rings. The lowest BCUT2D eigenvalue weighted by molar-refractivity contribution is 0.146. The summed E-state index contributed by atoms with van der Waals surface area (Å²) in [5.74, 6) is 1.60. The van der Waals surface area contributed by atoms with Crippen molar-refractivity contribution in [1.82, 2.24) is 20.4 Å². The first-order chi connectivity index (χ1) is 12.5. The third-order valence-electron chi connectivity index (χ3n) is 4.25. The lowest BCUT2D eigenvalue weighted by Crippen LogP contribution is -2.36. The number of aliphatic imine (C=N–C) groups is 1. The summed E-state index contributed by atoms with van der Waals surface area (Å²) >= 11 is 0. The Bertz CT molecular complexity index is 728. The van der Waals surface area contributed by atoms with Gasteiger partial charge in [-0.3, -0.25) is 9.67 Å². The summed E-state index contributed by atoms with van der Waals surface area (Å²) in [4.78, 5) is 4.28. The molecule has 0 bridgehead atoms. The van der Waals surface area contributed by atoms with Crippen molar-refractivity contribution in [2.75, 3.05) is 27.4 Å². The number of ether oxygens (including phenoxy) is 2. The fourth-order valence-corrected chi connectivity index (χ4v) is 2.60. The van der Waals surface area contributed by atoms with E-state index in [1.807, 2.05) is 42.9 Å². The van der Waals surface area contributed by atoms with E-state index in [0.717, 1.165) is 28.7 Å². The van der Waals surface area contributed by atoms with E-state index in [-0.39, 0.29) is 24.0 Å². The number of aryl methyl sites for hydroxylation is 2. The van der Waals surface area contributed by atoms with Crippen molar-refractivity contribution in [2.45, 2.75) is 26.9 Å². The van der Waals surface area contributed by atoms with Crippen LogP contribution in [0, 0.1) is 13.8 Å². The highest BCUT2D eigenvalue weighted by Crippen LogP contribution is 2.12. The third-order valence-corrected chi connectivity index (χ3v) is 4.25. The van der Waals surface area contributed by atoms with Gasteiger partial charge in [-0.1, -0.05) is 12.1 Å². The van der Waals surface area contributed by atoms with Gasteiger partial charge in [0.2, 0.25) is 0 Å². The highest BCUT2D eigenvalue weighted by atomic mass is 127. The molecule has 0 aliphatic carbocycles. The summed E-state index contributed by atoms with van der Waals surface area (Å²) in [7, 11) is 5.39. The minimum Gasteiger partial charge on any atom is -0.491 e. The largest absolute Gasteiger partial charge is 0.491 e. The highest BCUT2D eigenvalue weighted by molar-refractivity contribution is 14.0. The molecule has 2 N–H and O–H groups in total. The highest BCUT2D eigenvalue weighted by Gasteiger charge is 2.09. The maximum atomic E-state index is 5.57. The third kappa shape index (κ3) is 7.02. The number of hydrogen-bond acceptors (Lipinski definition) is 4. The van der Waals surface area contributed by atoms with Gasteiger partial charge in [-0.15, -0.1) is 24.0 Å². The summed E-state index contributed by atoms with van der Waals surface area (Å²) in [6, 6.07) is 8.01. The monoisotopic (exact) mass is 487 g/mol. The van der Waals surface area contributed by atoms with Crippen molar-refractivity contribution in [3.63, 3.8) is 0 Å². The van der Waals surface area contributed by atoms with Crippen LogP contribution in [0.2, 0.25) is 0 Å². The van der Waals surface area contributed by atoms with E-state index >= 15 is 0 Å². The molecule has 2 aromatic rings. The summed E-state index contributed by atoms with van der Waals surface area (Å²) in [6.07, 6.45) is 0.